The van der Waals surface area contributed by atoms with Gasteiger partial charge in [0.25, 0.3) is 0 Å². The molecule has 0 saturated heterocycles. The molecule has 1 fully saturated rings. The summed E-state index contributed by atoms with van der Waals surface area (Å²) in [5.74, 6) is 1.48. The molecule has 106 valence electrons. The van der Waals surface area contributed by atoms with E-state index in [0.29, 0.717) is 19.0 Å². The number of imidazole rings is 1. The summed E-state index contributed by atoms with van der Waals surface area (Å²) in [5.41, 5.74) is 1.60. The Labute approximate surface area is 129 Å². The zero-order valence-electron chi connectivity index (χ0n) is 10.8. The fourth-order valence-electron chi connectivity index (χ4n) is 2.15. The summed E-state index contributed by atoms with van der Waals surface area (Å²) < 4.78 is 2.85. The van der Waals surface area contributed by atoms with Crippen LogP contribution in [0.2, 0.25) is 0 Å². The van der Waals surface area contributed by atoms with Crippen LogP contribution in [0.25, 0.3) is 11.2 Å². The molecular formula is C13H14BrClN4O. The second-order valence-electron chi connectivity index (χ2n) is 4.87. The van der Waals surface area contributed by atoms with Crippen molar-refractivity contribution in [2.45, 2.75) is 25.3 Å². The number of pyridine rings is 1. The fraction of sp³-hybridized carbons (Fsp3) is 0.462. The second-order valence-corrected chi connectivity index (χ2v) is 6.06. The third kappa shape index (κ3) is 2.81. The van der Waals surface area contributed by atoms with Gasteiger partial charge in [-0.1, -0.05) is 0 Å². The molecule has 1 N–H and O–H groups in total. The van der Waals surface area contributed by atoms with Crippen molar-refractivity contribution in [2.75, 3.05) is 6.54 Å². The lowest BCUT2D eigenvalue weighted by Gasteiger charge is -2.08. The number of rotatable bonds is 5. The van der Waals surface area contributed by atoms with Gasteiger partial charge in [-0.05, 0) is 34.8 Å². The van der Waals surface area contributed by atoms with Gasteiger partial charge in [0.1, 0.15) is 11.3 Å². The zero-order chi connectivity index (χ0) is 14.1. The van der Waals surface area contributed by atoms with Crippen molar-refractivity contribution >= 4 is 44.6 Å². The fourth-order valence-corrected chi connectivity index (χ4v) is 2.67. The first-order chi connectivity index (χ1) is 9.69. The van der Waals surface area contributed by atoms with Crippen LogP contribution < -0.4 is 5.32 Å². The number of carbonyl (C=O) groups excluding carboxylic acids is 1. The molecule has 0 atom stereocenters. The van der Waals surface area contributed by atoms with Gasteiger partial charge in [0.2, 0.25) is 5.91 Å². The first kappa shape index (κ1) is 13.8. The third-order valence-corrected chi connectivity index (χ3v) is 4.01. The number of amides is 1. The molecule has 1 amide bonds. The van der Waals surface area contributed by atoms with E-state index in [-0.39, 0.29) is 11.8 Å². The van der Waals surface area contributed by atoms with E-state index in [1.165, 1.54) is 0 Å². The summed E-state index contributed by atoms with van der Waals surface area (Å²) in [5, 5.41) is 2.94. The van der Waals surface area contributed by atoms with Crippen LogP contribution in [0.5, 0.6) is 0 Å². The summed E-state index contributed by atoms with van der Waals surface area (Å²) in [6.45, 7) is 1.20. The molecule has 20 heavy (non-hydrogen) atoms. The summed E-state index contributed by atoms with van der Waals surface area (Å²) >= 11 is 9.32. The van der Waals surface area contributed by atoms with Crippen molar-refractivity contribution in [3.05, 3.63) is 22.6 Å². The molecule has 1 aliphatic rings. The molecule has 1 aliphatic carbocycles. The van der Waals surface area contributed by atoms with Crippen LogP contribution in [0, 0.1) is 5.92 Å². The van der Waals surface area contributed by atoms with Gasteiger partial charge in [-0.25, -0.2) is 9.97 Å². The van der Waals surface area contributed by atoms with Crippen LogP contribution in [0.1, 0.15) is 18.7 Å². The van der Waals surface area contributed by atoms with Crippen molar-refractivity contribution < 1.29 is 4.79 Å². The normalized spacial score (nSPS) is 14.7. The maximum atomic E-state index is 11.6. The highest BCUT2D eigenvalue weighted by atomic mass is 79.9. The number of hydrogen-bond donors (Lipinski definition) is 1. The Balaban J connectivity index is 1.76. The standard InChI is InChI=1S/C13H14BrClN4O/c14-9-5-10-12(17-7-9)19(11(6-15)18-10)4-3-16-13(20)8-1-2-8/h5,7-8H,1-4,6H2,(H,16,20). The highest BCUT2D eigenvalue weighted by molar-refractivity contribution is 9.10. The number of hydrogen-bond acceptors (Lipinski definition) is 3. The van der Waals surface area contributed by atoms with Crippen LogP contribution in [0.15, 0.2) is 16.7 Å². The highest BCUT2D eigenvalue weighted by Gasteiger charge is 2.29. The Morgan fingerprint density at radius 3 is 3.05 bits per heavy atom. The number of aromatic nitrogens is 3. The molecule has 2 aromatic heterocycles. The topological polar surface area (TPSA) is 59.8 Å². The molecule has 7 heteroatoms. The predicted octanol–water partition coefficient (Wildman–Crippen LogP) is 2.46. The molecule has 5 nitrogen and oxygen atoms in total. The van der Waals surface area contributed by atoms with Crippen LogP contribution in [-0.2, 0) is 17.2 Å². The molecule has 2 heterocycles. The largest absolute Gasteiger partial charge is 0.354 e. The SMILES string of the molecule is O=C(NCCn1c(CCl)nc2cc(Br)cnc21)C1CC1. The van der Waals surface area contributed by atoms with E-state index in [1.807, 2.05) is 10.6 Å². The van der Waals surface area contributed by atoms with Gasteiger partial charge in [0, 0.05) is 29.7 Å². The Bertz CT molecular complexity index is 653. The van der Waals surface area contributed by atoms with Crippen LogP contribution >= 0.6 is 27.5 Å². The molecule has 0 radical (unpaired) electrons. The first-order valence-corrected chi connectivity index (χ1v) is 7.86. The lowest BCUT2D eigenvalue weighted by Crippen LogP contribution is -2.28. The van der Waals surface area contributed by atoms with Crippen molar-refractivity contribution in [3.8, 4) is 0 Å². The molecule has 1 saturated carbocycles. The maximum Gasteiger partial charge on any atom is 0.223 e. The monoisotopic (exact) mass is 356 g/mol. The average Bonchev–Trinajstić information content (AvgIpc) is 3.22. The predicted molar refractivity (Wildman–Crippen MR) is 80.5 cm³/mol. The van der Waals surface area contributed by atoms with E-state index in [9.17, 15) is 4.79 Å². The minimum Gasteiger partial charge on any atom is -0.354 e. The average molecular weight is 358 g/mol. The van der Waals surface area contributed by atoms with E-state index < -0.39 is 0 Å². The third-order valence-electron chi connectivity index (χ3n) is 3.33. The lowest BCUT2D eigenvalue weighted by atomic mass is 10.4. The Kier molecular flexibility index (Phi) is 3.94. The van der Waals surface area contributed by atoms with Crippen LogP contribution in [0.4, 0.5) is 0 Å². The summed E-state index contributed by atoms with van der Waals surface area (Å²) in [6, 6.07) is 1.91. The quantitative estimate of drug-likeness (QED) is 0.836. The van der Waals surface area contributed by atoms with Crippen molar-refractivity contribution in [1.29, 1.82) is 0 Å². The van der Waals surface area contributed by atoms with Gasteiger partial charge < -0.3 is 9.88 Å². The molecule has 0 aromatic carbocycles. The first-order valence-electron chi connectivity index (χ1n) is 6.53. The number of alkyl halides is 1. The van der Waals surface area contributed by atoms with E-state index >= 15 is 0 Å². The van der Waals surface area contributed by atoms with Gasteiger partial charge in [0.05, 0.1) is 5.88 Å². The van der Waals surface area contributed by atoms with Gasteiger partial charge in [-0.3, -0.25) is 4.79 Å². The molecule has 2 aromatic rings. The smallest absolute Gasteiger partial charge is 0.223 e. The van der Waals surface area contributed by atoms with Crippen molar-refractivity contribution in [3.63, 3.8) is 0 Å². The van der Waals surface area contributed by atoms with Crippen molar-refractivity contribution in [2.24, 2.45) is 5.92 Å². The number of carbonyl (C=O) groups is 1. The maximum absolute atomic E-state index is 11.6. The zero-order valence-corrected chi connectivity index (χ0v) is 13.1. The number of halogens is 2. The van der Waals surface area contributed by atoms with E-state index in [4.69, 9.17) is 11.6 Å². The minimum atomic E-state index is 0.151. The minimum absolute atomic E-state index is 0.151. The number of nitrogens with one attached hydrogen (secondary N) is 1. The number of fused-ring (bicyclic) bond motifs is 1. The molecule has 0 spiro atoms. The van der Waals surface area contributed by atoms with Gasteiger partial charge >= 0.3 is 0 Å². The van der Waals surface area contributed by atoms with E-state index in [2.05, 4.69) is 31.2 Å². The summed E-state index contributed by atoms with van der Waals surface area (Å²) in [7, 11) is 0. The van der Waals surface area contributed by atoms with E-state index in [1.54, 1.807) is 6.20 Å². The molecular weight excluding hydrogens is 344 g/mol. The van der Waals surface area contributed by atoms with Crippen molar-refractivity contribution in [1.82, 2.24) is 19.9 Å². The molecule has 0 bridgehead atoms. The van der Waals surface area contributed by atoms with Gasteiger partial charge in [0.15, 0.2) is 5.65 Å². The van der Waals surface area contributed by atoms with Gasteiger partial charge in [-0.2, -0.15) is 0 Å². The Morgan fingerprint density at radius 2 is 2.35 bits per heavy atom. The van der Waals surface area contributed by atoms with E-state index in [0.717, 1.165) is 34.3 Å². The molecule has 3 rings (SSSR count). The highest BCUT2D eigenvalue weighted by Crippen LogP contribution is 2.28. The molecule has 0 aliphatic heterocycles. The summed E-state index contributed by atoms with van der Waals surface area (Å²) in [4.78, 5) is 20.5. The van der Waals surface area contributed by atoms with Gasteiger partial charge in [-0.15, -0.1) is 11.6 Å². The molecule has 0 unspecified atom stereocenters. The summed E-state index contributed by atoms with van der Waals surface area (Å²) in [6.07, 6.45) is 3.77. The van der Waals surface area contributed by atoms with Crippen LogP contribution in [-0.4, -0.2) is 27.0 Å². The Morgan fingerprint density at radius 1 is 1.55 bits per heavy atom. The van der Waals surface area contributed by atoms with Crippen LogP contribution in [0.3, 0.4) is 0 Å². The lowest BCUT2D eigenvalue weighted by molar-refractivity contribution is -0.122. The number of nitrogens with zero attached hydrogens (tertiary/aromatic N) is 3. The second kappa shape index (κ2) is 5.69. The Hall–Kier alpha value is -1.14.